The molecule has 1 aliphatic heterocycles. The molecule has 4 rings (SSSR count). The average molecular weight is 515 g/mol. The summed E-state index contributed by atoms with van der Waals surface area (Å²) < 4.78 is 33.8. The van der Waals surface area contributed by atoms with Crippen LogP contribution in [0.25, 0.3) is 11.1 Å². The zero-order valence-electron chi connectivity index (χ0n) is 20.4. The first-order valence-electron chi connectivity index (χ1n) is 11.9. The molecule has 1 aliphatic rings. The molecule has 0 saturated carbocycles. The molecule has 190 valence electrons. The first-order chi connectivity index (χ1) is 17.1. The minimum absolute atomic E-state index is 0.106. The Kier molecular flexibility index (Phi) is 7.79. The van der Waals surface area contributed by atoms with Crippen LogP contribution in [0.2, 0.25) is 5.15 Å². The Bertz CT molecular complexity index is 1240. The number of carboxylic acids is 1. The Morgan fingerprint density at radius 1 is 1.14 bits per heavy atom. The molecule has 0 amide bonds. The van der Waals surface area contributed by atoms with Gasteiger partial charge in [-0.1, -0.05) is 43.6 Å². The van der Waals surface area contributed by atoms with Gasteiger partial charge in [0.05, 0.1) is 18.7 Å². The van der Waals surface area contributed by atoms with E-state index in [-0.39, 0.29) is 35.2 Å². The van der Waals surface area contributed by atoms with E-state index in [9.17, 15) is 14.3 Å². The van der Waals surface area contributed by atoms with Crippen LogP contribution in [-0.4, -0.2) is 35.8 Å². The summed E-state index contributed by atoms with van der Waals surface area (Å²) in [5.41, 5.74) is 3.40. The zero-order chi connectivity index (χ0) is 25.9. The van der Waals surface area contributed by atoms with Crippen molar-refractivity contribution in [2.75, 3.05) is 24.6 Å². The molecule has 8 heteroatoms. The van der Waals surface area contributed by atoms with Crippen molar-refractivity contribution in [3.8, 4) is 16.9 Å². The molecule has 5 nitrogen and oxygen atoms in total. The highest BCUT2D eigenvalue weighted by atomic mass is 35.5. The first kappa shape index (κ1) is 25.9. The number of ether oxygens (including phenoxy) is 1. The maximum atomic E-state index is 15.1. The van der Waals surface area contributed by atoms with Gasteiger partial charge in [0.15, 0.2) is 11.6 Å². The number of hydrogen-bond donors (Lipinski definition) is 1. The Morgan fingerprint density at radius 2 is 1.83 bits per heavy atom. The van der Waals surface area contributed by atoms with Crippen molar-refractivity contribution in [3.63, 3.8) is 0 Å². The highest BCUT2D eigenvalue weighted by Crippen LogP contribution is 2.41. The molecule has 0 unspecified atom stereocenters. The fraction of sp³-hybridized carbons (Fsp3) is 0.357. The van der Waals surface area contributed by atoms with Crippen molar-refractivity contribution in [2.45, 2.75) is 39.5 Å². The standard InChI is InChI=1S/C28H29ClF2N2O3/c1-28(2)10-12-33(13-11-28)26-21(16-25(34)35)27(29)32-17-22(26)19-5-8-24(23(31)15-19)36-14-9-18-3-6-20(30)7-4-18/h3-8,15,17H,9-14,16H2,1-2H3,(H,34,35). The van der Waals surface area contributed by atoms with Crippen molar-refractivity contribution in [2.24, 2.45) is 5.41 Å². The lowest BCUT2D eigenvalue weighted by Gasteiger charge is -2.40. The summed E-state index contributed by atoms with van der Waals surface area (Å²) in [6.07, 6.45) is 3.69. The van der Waals surface area contributed by atoms with Gasteiger partial charge >= 0.3 is 5.97 Å². The number of halogens is 3. The van der Waals surface area contributed by atoms with Crippen LogP contribution >= 0.6 is 11.6 Å². The predicted molar refractivity (Wildman–Crippen MR) is 137 cm³/mol. The van der Waals surface area contributed by atoms with Crippen LogP contribution in [-0.2, 0) is 17.6 Å². The zero-order valence-corrected chi connectivity index (χ0v) is 21.1. The highest BCUT2D eigenvalue weighted by molar-refractivity contribution is 6.31. The minimum atomic E-state index is -1.01. The van der Waals surface area contributed by atoms with E-state index in [0.717, 1.165) is 31.5 Å². The highest BCUT2D eigenvalue weighted by Gasteiger charge is 2.29. The lowest BCUT2D eigenvalue weighted by atomic mass is 9.82. The van der Waals surface area contributed by atoms with E-state index in [4.69, 9.17) is 16.3 Å². The Morgan fingerprint density at radius 3 is 2.47 bits per heavy atom. The smallest absolute Gasteiger partial charge is 0.308 e. The summed E-state index contributed by atoms with van der Waals surface area (Å²) in [6, 6.07) is 10.8. The summed E-state index contributed by atoms with van der Waals surface area (Å²) in [7, 11) is 0. The van der Waals surface area contributed by atoms with Crippen molar-refractivity contribution >= 4 is 23.3 Å². The van der Waals surface area contributed by atoms with Gasteiger partial charge in [-0.3, -0.25) is 4.79 Å². The molecule has 0 radical (unpaired) electrons. The van der Waals surface area contributed by atoms with Crippen LogP contribution in [0.4, 0.5) is 14.5 Å². The molecule has 2 aromatic carbocycles. The van der Waals surface area contributed by atoms with Crippen LogP contribution in [0.15, 0.2) is 48.7 Å². The molecule has 0 spiro atoms. The van der Waals surface area contributed by atoms with E-state index in [1.54, 1.807) is 30.5 Å². The molecule has 1 N–H and O–H groups in total. The van der Waals surface area contributed by atoms with E-state index in [2.05, 4.69) is 23.7 Å². The molecular formula is C28H29ClF2N2O3. The van der Waals surface area contributed by atoms with Gasteiger partial charge in [-0.05, 0) is 53.6 Å². The van der Waals surface area contributed by atoms with E-state index in [0.29, 0.717) is 28.8 Å². The largest absolute Gasteiger partial charge is 0.490 e. The lowest BCUT2D eigenvalue weighted by Crippen LogP contribution is -2.38. The topological polar surface area (TPSA) is 62.7 Å². The Balaban J connectivity index is 1.61. The fourth-order valence-corrected chi connectivity index (χ4v) is 4.66. The molecule has 3 aromatic rings. The second-order valence-corrected chi connectivity index (χ2v) is 10.2. The van der Waals surface area contributed by atoms with Crippen LogP contribution in [0, 0.1) is 17.0 Å². The maximum absolute atomic E-state index is 15.1. The second kappa shape index (κ2) is 10.8. The number of benzene rings is 2. The van der Waals surface area contributed by atoms with Gasteiger partial charge in [-0.15, -0.1) is 0 Å². The molecule has 1 saturated heterocycles. The number of aromatic nitrogens is 1. The van der Waals surface area contributed by atoms with Crippen molar-refractivity contribution in [1.82, 2.24) is 4.98 Å². The Labute approximate surface area is 214 Å². The number of carboxylic acid groups (broad SMARTS) is 1. The first-order valence-corrected chi connectivity index (χ1v) is 12.3. The third-order valence-corrected chi connectivity index (χ3v) is 6.99. The summed E-state index contributed by atoms with van der Waals surface area (Å²) >= 11 is 6.37. The number of aliphatic carboxylic acids is 1. The molecule has 1 fully saturated rings. The lowest BCUT2D eigenvalue weighted by molar-refractivity contribution is -0.136. The van der Waals surface area contributed by atoms with Crippen LogP contribution in [0.1, 0.15) is 37.8 Å². The van der Waals surface area contributed by atoms with Gasteiger partial charge in [-0.2, -0.15) is 0 Å². The SMILES string of the molecule is CC1(C)CCN(c2c(-c3ccc(OCCc4ccc(F)cc4)c(F)c3)cnc(Cl)c2CC(=O)O)CC1. The summed E-state index contributed by atoms with van der Waals surface area (Å²) in [5.74, 6) is -1.75. The predicted octanol–water partition coefficient (Wildman–Crippen LogP) is 6.56. The van der Waals surface area contributed by atoms with Crippen LogP contribution < -0.4 is 9.64 Å². The minimum Gasteiger partial charge on any atom is -0.490 e. The average Bonchev–Trinajstić information content (AvgIpc) is 2.82. The van der Waals surface area contributed by atoms with Gasteiger partial charge in [-0.25, -0.2) is 13.8 Å². The third-order valence-electron chi connectivity index (χ3n) is 6.66. The maximum Gasteiger partial charge on any atom is 0.308 e. The molecular weight excluding hydrogens is 486 g/mol. The van der Waals surface area contributed by atoms with Crippen LogP contribution in [0.5, 0.6) is 5.75 Å². The van der Waals surface area contributed by atoms with E-state index >= 15 is 4.39 Å². The Hall–Kier alpha value is -3.19. The molecule has 2 heterocycles. The number of rotatable bonds is 8. The number of pyridine rings is 1. The molecule has 0 bridgehead atoms. The number of anilines is 1. The van der Waals surface area contributed by atoms with Gasteiger partial charge in [0.1, 0.15) is 11.0 Å². The van der Waals surface area contributed by atoms with E-state index < -0.39 is 11.8 Å². The normalized spacial score (nSPS) is 15.1. The molecule has 0 atom stereocenters. The molecule has 0 aliphatic carbocycles. The summed E-state index contributed by atoms with van der Waals surface area (Å²) in [6.45, 7) is 6.14. The summed E-state index contributed by atoms with van der Waals surface area (Å²) in [4.78, 5) is 18.0. The van der Waals surface area contributed by atoms with Gasteiger partial charge in [0, 0.05) is 36.8 Å². The van der Waals surface area contributed by atoms with Gasteiger partial charge < -0.3 is 14.7 Å². The van der Waals surface area contributed by atoms with Crippen molar-refractivity contribution in [1.29, 1.82) is 0 Å². The number of carbonyl (C=O) groups is 1. The van der Waals surface area contributed by atoms with E-state index in [1.165, 1.54) is 18.2 Å². The second-order valence-electron chi connectivity index (χ2n) is 9.88. The van der Waals surface area contributed by atoms with Gasteiger partial charge in [0.2, 0.25) is 0 Å². The third kappa shape index (κ3) is 6.13. The van der Waals surface area contributed by atoms with E-state index in [1.807, 2.05) is 0 Å². The number of nitrogens with zero attached hydrogens (tertiary/aromatic N) is 2. The quantitative estimate of drug-likeness (QED) is 0.345. The van der Waals surface area contributed by atoms with Crippen LogP contribution in [0.3, 0.4) is 0 Å². The number of piperidine rings is 1. The van der Waals surface area contributed by atoms with Crippen molar-refractivity contribution < 1.29 is 23.4 Å². The number of hydrogen-bond acceptors (Lipinski definition) is 4. The fourth-order valence-electron chi connectivity index (χ4n) is 4.45. The molecule has 36 heavy (non-hydrogen) atoms. The molecule has 1 aromatic heterocycles. The summed E-state index contributed by atoms with van der Waals surface area (Å²) in [5, 5.41) is 9.66. The monoisotopic (exact) mass is 514 g/mol. The van der Waals surface area contributed by atoms with Gasteiger partial charge in [0.25, 0.3) is 0 Å². The van der Waals surface area contributed by atoms with Crippen molar-refractivity contribution in [3.05, 3.63) is 76.6 Å².